The molecule has 0 bridgehead atoms. The number of aryl methyl sites for hydroxylation is 1. The van der Waals surface area contributed by atoms with Gasteiger partial charge in [-0.3, -0.25) is 9.89 Å². The molecule has 1 amide bonds. The molecule has 9 heteroatoms. The number of hydrogen-bond acceptors (Lipinski definition) is 5. The molecule has 2 aromatic rings. The first-order valence-corrected chi connectivity index (χ1v) is 9.20. The lowest BCUT2D eigenvalue weighted by atomic mass is 9.87. The van der Waals surface area contributed by atoms with Crippen molar-refractivity contribution in [2.75, 3.05) is 0 Å². The third-order valence-corrected chi connectivity index (χ3v) is 6.27. The summed E-state index contributed by atoms with van der Waals surface area (Å²) in [5.74, 6) is -0.0832. The number of carbonyl (C=O) groups is 1. The number of fused-ring (bicyclic) bond motifs is 1. The highest BCUT2D eigenvalue weighted by molar-refractivity contribution is 7.91. The highest BCUT2D eigenvalue weighted by atomic mass is 32.2. The van der Waals surface area contributed by atoms with Gasteiger partial charge in [0.2, 0.25) is 15.9 Å². The molecule has 3 rings (SSSR count). The van der Waals surface area contributed by atoms with E-state index in [1.165, 1.54) is 6.07 Å². The van der Waals surface area contributed by atoms with Gasteiger partial charge in [-0.15, -0.1) is 11.3 Å². The van der Waals surface area contributed by atoms with Gasteiger partial charge in [0.05, 0.1) is 12.7 Å². The van der Waals surface area contributed by atoms with Gasteiger partial charge in [0.1, 0.15) is 4.21 Å². The minimum Gasteiger partial charge on any atom is -0.351 e. The summed E-state index contributed by atoms with van der Waals surface area (Å²) in [6.07, 6.45) is 4.06. The predicted molar refractivity (Wildman–Crippen MR) is 81.6 cm³/mol. The maximum Gasteiger partial charge on any atom is 0.247 e. The zero-order valence-electron chi connectivity index (χ0n) is 11.7. The van der Waals surface area contributed by atoms with E-state index in [9.17, 15) is 13.2 Å². The standard InChI is InChI=1S/C13H16N4O3S2/c14-22(19,20)12-4-2-10(21-12)7-15-13(18)8-1-3-11-9(5-8)6-16-17-11/h2,4,6,8H,1,3,5,7H2,(H,15,18)(H,16,17)(H2,14,19,20)/t8-/m0/s1. The molecule has 0 aromatic carbocycles. The second-order valence-corrected chi connectivity index (χ2v) is 8.25. The second-order valence-electron chi connectivity index (χ2n) is 5.30. The molecule has 7 nitrogen and oxygen atoms in total. The monoisotopic (exact) mass is 340 g/mol. The Balaban J connectivity index is 1.58. The van der Waals surface area contributed by atoms with Crippen molar-refractivity contribution in [3.05, 3.63) is 34.5 Å². The molecule has 4 N–H and O–H groups in total. The van der Waals surface area contributed by atoms with E-state index in [0.717, 1.165) is 40.3 Å². The molecule has 2 heterocycles. The third kappa shape index (κ3) is 3.21. The van der Waals surface area contributed by atoms with E-state index < -0.39 is 10.0 Å². The number of nitrogens with zero attached hydrogens (tertiary/aromatic N) is 1. The van der Waals surface area contributed by atoms with Crippen LogP contribution >= 0.6 is 11.3 Å². The molecule has 22 heavy (non-hydrogen) atoms. The van der Waals surface area contributed by atoms with E-state index in [0.29, 0.717) is 13.0 Å². The number of aromatic nitrogens is 2. The minimum atomic E-state index is -3.67. The quantitative estimate of drug-likeness (QED) is 0.753. The highest BCUT2D eigenvalue weighted by Crippen LogP contribution is 2.24. The largest absolute Gasteiger partial charge is 0.351 e. The first-order chi connectivity index (χ1) is 10.4. The van der Waals surface area contributed by atoms with Crippen LogP contribution in [0.1, 0.15) is 22.6 Å². The third-order valence-electron chi connectivity index (χ3n) is 3.74. The Morgan fingerprint density at radius 3 is 3.05 bits per heavy atom. The maximum atomic E-state index is 12.2. The Bertz CT molecular complexity index is 794. The molecule has 1 atom stereocenters. The van der Waals surface area contributed by atoms with Gasteiger partial charge in [-0.25, -0.2) is 13.6 Å². The average Bonchev–Trinajstić information content (AvgIpc) is 3.12. The summed E-state index contributed by atoms with van der Waals surface area (Å²) in [6, 6.07) is 3.12. The van der Waals surface area contributed by atoms with Crippen molar-refractivity contribution in [3.63, 3.8) is 0 Å². The van der Waals surface area contributed by atoms with Gasteiger partial charge in [0.25, 0.3) is 0 Å². The summed E-state index contributed by atoms with van der Waals surface area (Å²) < 4.78 is 22.5. The molecule has 0 spiro atoms. The summed E-state index contributed by atoms with van der Waals surface area (Å²) >= 11 is 1.08. The number of carbonyl (C=O) groups excluding carboxylic acids is 1. The van der Waals surface area contributed by atoms with Gasteiger partial charge in [0, 0.05) is 16.5 Å². The summed E-state index contributed by atoms with van der Waals surface area (Å²) in [6.45, 7) is 0.313. The first-order valence-electron chi connectivity index (χ1n) is 6.84. The van der Waals surface area contributed by atoms with Crippen molar-refractivity contribution < 1.29 is 13.2 Å². The number of amides is 1. The van der Waals surface area contributed by atoms with Crippen LogP contribution in [0.3, 0.4) is 0 Å². The smallest absolute Gasteiger partial charge is 0.247 e. The summed E-state index contributed by atoms with van der Waals surface area (Å²) in [5.41, 5.74) is 2.21. The fourth-order valence-electron chi connectivity index (χ4n) is 2.56. The fraction of sp³-hybridized carbons (Fsp3) is 0.385. The van der Waals surface area contributed by atoms with Crippen molar-refractivity contribution in [2.24, 2.45) is 11.1 Å². The Kier molecular flexibility index (Phi) is 4.02. The number of H-pyrrole nitrogens is 1. The lowest BCUT2D eigenvalue weighted by molar-refractivity contribution is -0.125. The number of thiophene rings is 1. The molecule has 0 radical (unpaired) electrons. The molecule has 1 aliphatic rings. The Morgan fingerprint density at radius 2 is 2.32 bits per heavy atom. The highest BCUT2D eigenvalue weighted by Gasteiger charge is 2.25. The van der Waals surface area contributed by atoms with Gasteiger partial charge in [-0.05, 0) is 37.0 Å². The van der Waals surface area contributed by atoms with Crippen LogP contribution in [0.5, 0.6) is 0 Å². The Hall–Kier alpha value is -1.71. The minimum absolute atomic E-state index is 0.0163. The first kappa shape index (κ1) is 15.2. The van der Waals surface area contributed by atoms with Crippen LogP contribution in [0, 0.1) is 5.92 Å². The van der Waals surface area contributed by atoms with E-state index >= 15 is 0 Å². The fourth-order valence-corrected chi connectivity index (χ4v) is 4.28. The second kappa shape index (κ2) is 5.82. The number of aromatic amines is 1. The van der Waals surface area contributed by atoms with Crippen LogP contribution in [0.15, 0.2) is 22.5 Å². The number of nitrogens with one attached hydrogen (secondary N) is 2. The summed E-state index contributed by atoms with van der Waals surface area (Å²) in [4.78, 5) is 13.0. The SMILES string of the molecule is NS(=O)(=O)c1ccc(CNC(=O)[C@H]2CCc3[nH]ncc3C2)s1. The van der Waals surface area contributed by atoms with Crippen molar-refractivity contribution in [1.82, 2.24) is 15.5 Å². The van der Waals surface area contributed by atoms with Crippen LogP contribution in [0.2, 0.25) is 0 Å². The number of primary sulfonamides is 1. The normalized spacial score (nSPS) is 18.0. The lowest BCUT2D eigenvalue weighted by Crippen LogP contribution is -2.33. The van der Waals surface area contributed by atoms with E-state index in [4.69, 9.17) is 5.14 Å². The van der Waals surface area contributed by atoms with Gasteiger partial charge < -0.3 is 5.32 Å². The van der Waals surface area contributed by atoms with Crippen molar-refractivity contribution in [2.45, 2.75) is 30.0 Å². The number of hydrogen-bond donors (Lipinski definition) is 3. The number of rotatable bonds is 4. The molecule has 0 saturated carbocycles. The topological polar surface area (TPSA) is 118 Å². The lowest BCUT2D eigenvalue weighted by Gasteiger charge is -2.20. The van der Waals surface area contributed by atoms with E-state index in [-0.39, 0.29) is 16.0 Å². The molecule has 1 aliphatic carbocycles. The zero-order valence-corrected chi connectivity index (χ0v) is 13.3. The van der Waals surface area contributed by atoms with Crippen molar-refractivity contribution >= 4 is 27.3 Å². The number of nitrogens with two attached hydrogens (primary N) is 1. The maximum absolute atomic E-state index is 12.2. The van der Waals surface area contributed by atoms with Crippen LogP contribution in [-0.4, -0.2) is 24.5 Å². The molecule has 2 aromatic heterocycles. The molecular weight excluding hydrogens is 324 g/mol. The molecule has 0 aliphatic heterocycles. The molecule has 0 unspecified atom stereocenters. The van der Waals surface area contributed by atoms with E-state index in [1.54, 1.807) is 12.3 Å². The number of sulfonamides is 1. The van der Waals surface area contributed by atoms with Crippen LogP contribution in [0.25, 0.3) is 0 Å². The van der Waals surface area contributed by atoms with Crippen molar-refractivity contribution in [3.8, 4) is 0 Å². The van der Waals surface area contributed by atoms with Crippen LogP contribution in [-0.2, 0) is 34.2 Å². The van der Waals surface area contributed by atoms with Gasteiger partial charge in [0.15, 0.2) is 0 Å². The van der Waals surface area contributed by atoms with Crippen LogP contribution in [0.4, 0.5) is 0 Å². The predicted octanol–water partition coefficient (Wildman–Crippen LogP) is 0.540. The molecule has 0 saturated heterocycles. The summed E-state index contributed by atoms with van der Waals surface area (Å²) in [7, 11) is -3.67. The van der Waals surface area contributed by atoms with Gasteiger partial charge in [-0.1, -0.05) is 0 Å². The molecular formula is C13H16N4O3S2. The zero-order chi connectivity index (χ0) is 15.7. The van der Waals surface area contributed by atoms with Crippen molar-refractivity contribution in [1.29, 1.82) is 0 Å². The Labute approximate surface area is 132 Å². The van der Waals surface area contributed by atoms with E-state index in [2.05, 4.69) is 15.5 Å². The average molecular weight is 340 g/mol. The van der Waals surface area contributed by atoms with Crippen LogP contribution < -0.4 is 10.5 Å². The Morgan fingerprint density at radius 1 is 1.50 bits per heavy atom. The van der Waals surface area contributed by atoms with E-state index in [1.807, 2.05) is 0 Å². The molecule has 0 fully saturated rings. The summed E-state index contributed by atoms with van der Waals surface area (Å²) in [5, 5.41) is 14.9. The molecule has 118 valence electrons. The van der Waals surface area contributed by atoms with Gasteiger partial charge in [-0.2, -0.15) is 5.10 Å². The van der Waals surface area contributed by atoms with Gasteiger partial charge >= 0.3 is 0 Å².